The highest BCUT2D eigenvalue weighted by Crippen LogP contribution is 2.37. The van der Waals surface area contributed by atoms with Crippen molar-refractivity contribution < 1.29 is 4.79 Å². The molecule has 0 atom stereocenters. The maximum absolute atomic E-state index is 12.8. The summed E-state index contributed by atoms with van der Waals surface area (Å²) in [5.74, 6) is 0.0943. The highest BCUT2D eigenvalue weighted by Gasteiger charge is 2.37. The van der Waals surface area contributed by atoms with E-state index >= 15 is 0 Å². The van der Waals surface area contributed by atoms with E-state index in [-0.39, 0.29) is 11.3 Å². The van der Waals surface area contributed by atoms with E-state index in [1.807, 2.05) is 11.0 Å². The summed E-state index contributed by atoms with van der Waals surface area (Å²) in [6, 6.07) is 8.78. The van der Waals surface area contributed by atoms with Gasteiger partial charge in [0, 0.05) is 6.04 Å². The highest BCUT2D eigenvalue weighted by molar-refractivity contribution is 8.26. The van der Waals surface area contributed by atoms with Gasteiger partial charge in [-0.3, -0.25) is 9.69 Å². The van der Waals surface area contributed by atoms with Crippen LogP contribution in [0.2, 0.25) is 0 Å². The van der Waals surface area contributed by atoms with E-state index in [4.69, 9.17) is 12.2 Å². The number of carbonyl (C=O) groups is 1. The number of benzene rings is 1. The van der Waals surface area contributed by atoms with Crippen LogP contribution in [-0.4, -0.2) is 21.2 Å². The molecule has 1 saturated heterocycles. The fourth-order valence-electron chi connectivity index (χ4n) is 3.36. The molecule has 2 nitrogen and oxygen atoms in total. The third-order valence-electron chi connectivity index (χ3n) is 4.84. The number of thiocarbonyl (C=S) groups is 1. The monoisotopic (exact) mass is 359 g/mol. The van der Waals surface area contributed by atoms with Gasteiger partial charge < -0.3 is 0 Å². The van der Waals surface area contributed by atoms with Gasteiger partial charge in [0.15, 0.2) is 0 Å². The lowest BCUT2D eigenvalue weighted by Crippen LogP contribution is -2.39. The van der Waals surface area contributed by atoms with Crippen LogP contribution in [0.3, 0.4) is 0 Å². The second kappa shape index (κ2) is 7.01. The summed E-state index contributed by atoms with van der Waals surface area (Å²) in [4.78, 5) is 15.4. The Labute approximate surface area is 154 Å². The molecule has 1 heterocycles. The summed E-state index contributed by atoms with van der Waals surface area (Å²) in [5.41, 5.74) is 2.50. The number of thioether (sulfide) groups is 1. The van der Waals surface area contributed by atoms with Crippen LogP contribution in [0.25, 0.3) is 6.08 Å². The van der Waals surface area contributed by atoms with Gasteiger partial charge in [-0.15, -0.1) is 0 Å². The second-order valence-electron chi connectivity index (χ2n) is 7.72. The van der Waals surface area contributed by atoms with Crippen molar-refractivity contribution in [3.63, 3.8) is 0 Å². The van der Waals surface area contributed by atoms with Crippen molar-refractivity contribution in [3.8, 4) is 0 Å². The lowest BCUT2D eigenvalue weighted by atomic mass is 9.87. The van der Waals surface area contributed by atoms with Crippen molar-refractivity contribution in [2.45, 2.75) is 64.3 Å². The van der Waals surface area contributed by atoms with Gasteiger partial charge in [0.1, 0.15) is 4.32 Å². The zero-order chi connectivity index (χ0) is 17.3. The van der Waals surface area contributed by atoms with E-state index in [0.29, 0.717) is 6.04 Å². The number of rotatable bonds is 2. The average molecular weight is 360 g/mol. The molecule has 1 amide bonds. The van der Waals surface area contributed by atoms with Crippen molar-refractivity contribution in [2.24, 2.45) is 0 Å². The molecule has 1 aromatic rings. The Balaban J connectivity index is 1.78. The van der Waals surface area contributed by atoms with Crippen molar-refractivity contribution in [1.29, 1.82) is 0 Å². The lowest BCUT2D eigenvalue weighted by molar-refractivity contribution is -0.124. The molecule has 0 spiro atoms. The molecule has 0 unspecified atom stereocenters. The summed E-state index contributed by atoms with van der Waals surface area (Å²) in [5, 5.41) is 0. The van der Waals surface area contributed by atoms with Crippen molar-refractivity contribution in [1.82, 2.24) is 4.90 Å². The van der Waals surface area contributed by atoms with Gasteiger partial charge in [0.2, 0.25) is 0 Å². The van der Waals surface area contributed by atoms with E-state index in [1.54, 1.807) is 0 Å². The molecular weight excluding hydrogens is 334 g/mol. The van der Waals surface area contributed by atoms with Gasteiger partial charge in [0.05, 0.1) is 4.91 Å². The molecule has 0 bridgehead atoms. The van der Waals surface area contributed by atoms with Gasteiger partial charge in [0.25, 0.3) is 5.91 Å². The van der Waals surface area contributed by atoms with E-state index in [1.165, 1.54) is 36.6 Å². The minimum Gasteiger partial charge on any atom is -0.290 e. The molecule has 128 valence electrons. The predicted octanol–water partition coefficient (Wildman–Crippen LogP) is 5.52. The maximum atomic E-state index is 12.8. The van der Waals surface area contributed by atoms with Gasteiger partial charge >= 0.3 is 0 Å². The van der Waals surface area contributed by atoms with E-state index < -0.39 is 0 Å². The summed E-state index contributed by atoms with van der Waals surface area (Å²) >= 11 is 6.94. The number of carbonyl (C=O) groups excluding carboxylic acids is 1. The second-order valence-corrected chi connectivity index (χ2v) is 9.39. The van der Waals surface area contributed by atoms with Crippen LogP contribution >= 0.6 is 24.0 Å². The Hall–Kier alpha value is -1.13. The van der Waals surface area contributed by atoms with Crippen LogP contribution in [0, 0.1) is 0 Å². The lowest BCUT2D eigenvalue weighted by Gasteiger charge is -2.29. The zero-order valence-electron chi connectivity index (χ0n) is 14.7. The van der Waals surface area contributed by atoms with Crippen LogP contribution in [-0.2, 0) is 10.2 Å². The van der Waals surface area contributed by atoms with Crippen molar-refractivity contribution >= 4 is 40.3 Å². The Bertz CT molecular complexity index is 664. The fourth-order valence-corrected chi connectivity index (χ4v) is 4.77. The third kappa shape index (κ3) is 3.75. The van der Waals surface area contributed by atoms with Crippen LogP contribution in [0.1, 0.15) is 64.0 Å². The Morgan fingerprint density at radius 2 is 1.75 bits per heavy atom. The Morgan fingerprint density at radius 3 is 2.33 bits per heavy atom. The summed E-state index contributed by atoms with van der Waals surface area (Å²) < 4.78 is 0.726. The molecule has 0 aromatic heterocycles. The molecule has 1 aliphatic heterocycles. The largest absolute Gasteiger partial charge is 0.290 e. The first kappa shape index (κ1) is 17.7. The maximum Gasteiger partial charge on any atom is 0.266 e. The van der Waals surface area contributed by atoms with Crippen molar-refractivity contribution in [2.75, 3.05) is 0 Å². The number of amides is 1. The molecule has 2 fully saturated rings. The number of hydrogen-bond acceptors (Lipinski definition) is 3. The first-order chi connectivity index (χ1) is 11.4. The van der Waals surface area contributed by atoms with Gasteiger partial charge in [-0.05, 0) is 35.5 Å². The average Bonchev–Trinajstić information content (AvgIpc) is 2.82. The summed E-state index contributed by atoms with van der Waals surface area (Å²) in [6.07, 6.45) is 7.83. The van der Waals surface area contributed by atoms with Crippen LogP contribution in [0.5, 0.6) is 0 Å². The number of hydrogen-bond donors (Lipinski definition) is 0. The third-order valence-corrected chi connectivity index (χ3v) is 6.17. The quantitative estimate of drug-likeness (QED) is 0.512. The molecule has 4 heteroatoms. The summed E-state index contributed by atoms with van der Waals surface area (Å²) in [7, 11) is 0. The Kier molecular flexibility index (Phi) is 5.16. The summed E-state index contributed by atoms with van der Waals surface area (Å²) in [6.45, 7) is 6.62. The predicted molar refractivity (Wildman–Crippen MR) is 107 cm³/mol. The molecule has 2 aliphatic rings. The standard InChI is InChI=1S/C20H25NOS2/c1-20(2,3)15-11-9-14(10-12-15)13-17-18(22)21(19(23)24-17)16-7-5-4-6-8-16/h9-13,16H,4-8H2,1-3H3. The SMILES string of the molecule is CC(C)(C)c1ccc(C=C2SC(=S)N(C3CCCCC3)C2=O)cc1. The molecule has 1 saturated carbocycles. The van der Waals surface area contributed by atoms with Crippen LogP contribution in [0.4, 0.5) is 0 Å². The number of nitrogens with zero attached hydrogens (tertiary/aromatic N) is 1. The van der Waals surface area contributed by atoms with Gasteiger partial charge in [-0.1, -0.05) is 88.3 Å². The smallest absolute Gasteiger partial charge is 0.266 e. The van der Waals surface area contributed by atoms with Gasteiger partial charge in [-0.25, -0.2) is 0 Å². The molecule has 1 aliphatic carbocycles. The first-order valence-electron chi connectivity index (χ1n) is 8.74. The normalized spacial score (nSPS) is 21.8. The Morgan fingerprint density at radius 1 is 1.12 bits per heavy atom. The first-order valence-corrected chi connectivity index (χ1v) is 9.96. The van der Waals surface area contributed by atoms with E-state index in [9.17, 15) is 4.79 Å². The molecule has 0 N–H and O–H groups in total. The van der Waals surface area contributed by atoms with E-state index in [2.05, 4.69) is 45.0 Å². The van der Waals surface area contributed by atoms with Crippen LogP contribution in [0.15, 0.2) is 29.2 Å². The molecule has 1 aromatic carbocycles. The van der Waals surface area contributed by atoms with Gasteiger partial charge in [-0.2, -0.15) is 0 Å². The van der Waals surface area contributed by atoms with Crippen LogP contribution < -0.4 is 0 Å². The van der Waals surface area contributed by atoms with E-state index in [0.717, 1.165) is 27.6 Å². The molecule has 3 rings (SSSR count). The molecule has 24 heavy (non-hydrogen) atoms. The molecular formula is C20H25NOS2. The fraction of sp³-hybridized carbons (Fsp3) is 0.500. The zero-order valence-corrected chi connectivity index (χ0v) is 16.3. The van der Waals surface area contributed by atoms with Crippen molar-refractivity contribution in [3.05, 3.63) is 40.3 Å². The highest BCUT2D eigenvalue weighted by atomic mass is 32.2. The topological polar surface area (TPSA) is 20.3 Å². The minimum atomic E-state index is 0.0943. The molecule has 0 radical (unpaired) electrons. The minimum absolute atomic E-state index is 0.0943.